The SMILES string of the molecule is CCOC(=O)NC(=O)CN(CC)S(=O)(=O)c1ccc(C)cc1. The molecule has 0 atom stereocenters. The Labute approximate surface area is 130 Å². The smallest absolute Gasteiger partial charge is 0.413 e. The minimum absolute atomic E-state index is 0.101. The number of carbonyl (C=O) groups excluding carboxylic acids is 2. The molecule has 22 heavy (non-hydrogen) atoms. The van der Waals surface area contributed by atoms with E-state index in [1.54, 1.807) is 26.0 Å². The molecule has 0 aromatic heterocycles. The lowest BCUT2D eigenvalue weighted by atomic mass is 10.2. The molecule has 2 amide bonds. The number of hydrogen-bond donors (Lipinski definition) is 1. The number of nitrogens with one attached hydrogen (secondary N) is 1. The van der Waals surface area contributed by atoms with E-state index in [1.807, 2.05) is 12.2 Å². The third-order valence-corrected chi connectivity index (χ3v) is 4.78. The zero-order valence-electron chi connectivity index (χ0n) is 12.8. The van der Waals surface area contributed by atoms with Crippen molar-refractivity contribution < 1.29 is 22.7 Å². The number of rotatable bonds is 6. The van der Waals surface area contributed by atoms with Gasteiger partial charge >= 0.3 is 6.09 Å². The van der Waals surface area contributed by atoms with Crippen LogP contribution in [0.25, 0.3) is 0 Å². The summed E-state index contributed by atoms with van der Waals surface area (Å²) in [5, 5.41) is 1.97. The molecule has 0 saturated carbocycles. The van der Waals surface area contributed by atoms with E-state index < -0.39 is 28.6 Å². The van der Waals surface area contributed by atoms with Gasteiger partial charge in [-0.1, -0.05) is 24.6 Å². The number of sulfonamides is 1. The lowest BCUT2D eigenvalue weighted by Gasteiger charge is -2.19. The van der Waals surface area contributed by atoms with Gasteiger partial charge in [0.15, 0.2) is 0 Å². The van der Waals surface area contributed by atoms with Crippen LogP contribution in [-0.4, -0.2) is 44.4 Å². The van der Waals surface area contributed by atoms with E-state index in [4.69, 9.17) is 0 Å². The Morgan fingerprint density at radius 3 is 2.27 bits per heavy atom. The Morgan fingerprint density at radius 1 is 1.18 bits per heavy atom. The van der Waals surface area contributed by atoms with E-state index in [-0.39, 0.29) is 18.0 Å². The summed E-state index contributed by atoms with van der Waals surface area (Å²) in [7, 11) is -3.79. The van der Waals surface area contributed by atoms with Crippen LogP contribution in [-0.2, 0) is 19.6 Å². The second kappa shape index (κ2) is 7.90. The van der Waals surface area contributed by atoms with Gasteiger partial charge in [0.2, 0.25) is 15.9 Å². The van der Waals surface area contributed by atoms with Crippen molar-refractivity contribution >= 4 is 22.0 Å². The van der Waals surface area contributed by atoms with Gasteiger partial charge in [-0.25, -0.2) is 13.2 Å². The summed E-state index contributed by atoms with van der Waals surface area (Å²) in [4.78, 5) is 23.0. The zero-order chi connectivity index (χ0) is 16.8. The number of carbonyl (C=O) groups is 2. The van der Waals surface area contributed by atoms with Crippen LogP contribution in [0.15, 0.2) is 29.2 Å². The molecule has 0 aliphatic rings. The third kappa shape index (κ3) is 4.81. The number of amides is 2. The number of ether oxygens (including phenoxy) is 1. The molecule has 122 valence electrons. The molecule has 0 unspecified atom stereocenters. The van der Waals surface area contributed by atoms with Gasteiger partial charge < -0.3 is 4.74 Å². The van der Waals surface area contributed by atoms with Crippen molar-refractivity contribution in [3.05, 3.63) is 29.8 Å². The predicted octanol–water partition coefficient (Wildman–Crippen LogP) is 1.28. The summed E-state index contributed by atoms with van der Waals surface area (Å²) in [5.74, 6) is -0.740. The molecule has 0 heterocycles. The molecule has 0 saturated heterocycles. The van der Waals surface area contributed by atoms with E-state index in [1.165, 1.54) is 12.1 Å². The van der Waals surface area contributed by atoms with Crippen LogP contribution in [0.4, 0.5) is 4.79 Å². The van der Waals surface area contributed by atoms with E-state index in [2.05, 4.69) is 4.74 Å². The molecule has 1 rings (SSSR count). The average molecular weight is 328 g/mol. The van der Waals surface area contributed by atoms with Crippen LogP contribution in [0.2, 0.25) is 0 Å². The van der Waals surface area contributed by atoms with Gasteiger partial charge in [-0.15, -0.1) is 0 Å². The van der Waals surface area contributed by atoms with Gasteiger partial charge in [-0.05, 0) is 26.0 Å². The minimum atomic E-state index is -3.79. The summed E-state index contributed by atoms with van der Waals surface area (Å²) in [5.41, 5.74) is 0.932. The van der Waals surface area contributed by atoms with Gasteiger partial charge in [0, 0.05) is 6.54 Å². The van der Waals surface area contributed by atoms with Crippen molar-refractivity contribution in [3.8, 4) is 0 Å². The van der Waals surface area contributed by atoms with Crippen molar-refractivity contribution in [3.63, 3.8) is 0 Å². The zero-order valence-corrected chi connectivity index (χ0v) is 13.6. The topological polar surface area (TPSA) is 92.8 Å². The highest BCUT2D eigenvalue weighted by Gasteiger charge is 2.25. The highest BCUT2D eigenvalue weighted by atomic mass is 32.2. The van der Waals surface area contributed by atoms with E-state index in [0.29, 0.717) is 0 Å². The van der Waals surface area contributed by atoms with Crippen molar-refractivity contribution in [2.24, 2.45) is 0 Å². The van der Waals surface area contributed by atoms with Crippen LogP contribution in [0.5, 0.6) is 0 Å². The van der Waals surface area contributed by atoms with Crippen LogP contribution >= 0.6 is 0 Å². The molecule has 7 nitrogen and oxygen atoms in total. The number of aryl methyl sites for hydroxylation is 1. The quantitative estimate of drug-likeness (QED) is 0.849. The van der Waals surface area contributed by atoms with E-state index in [9.17, 15) is 18.0 Å². The number of imide groups is 1. The molecule has 8 heteroatoms. The fourth-order valence-electron chi connectivity index (χ4n) is 1.71. The maximum absolute atomic E-state index is 12.5. The van der Waals surface area contributed by atoms with Crippen molar-refractivity contribution in [2.45, 2.75) is 25.7 Å². The van der Waals surface area contributed by atoms with Crippen molar-refractivity contribution in [1.29, 1.82) is 0 Å². The predicted molar refractivity (Wildman–Crippen MR) is 80.8 cm³/mol. The Kier molecular flexibility index (Phi) is 6.51. The summed E-state index contributed by atoms with van der Waals surface area (Å²) < 4.78 is 30.5. The lowest BCUT2D eigenvalue weighted by Crippen LogP contribution is -2.42. The monoisotopic (exact) mass is 328 g/mol. The molecule has 0 bridgehead atoms. The first-order chi connectivity index (χ1) is 10.3. The minimum Gasteiger partial charge on any atom is -0.450 e. The third-order valence-electron chi connectivity index (χ3n) is 2.85. The summed E-state index contributed by atoms with van der Waals surface area (Å²) in [6.45, 7) is 4.84. The maximum Gasteiger partial charge on any atom is 0.413 e. The highest BCUT2D eigenvalue weighted by molar-refractivity contribution is 7.89. The molecular formula is C14H20N2O5S. The first-order valence-electron chi connectivity index (χ1n) is 6.84. The Balaban J connectivity index is 2.84. The fraction of sp³-hybridized carbons (Fsp3) is 0.429. The Hall–Kier alpha value is -1.93. The standard InChI is InChI=1S/C14H20N2O5S/c1-4-16(10-13(17)15-14(18)21-5-2)22(19,20)12-8-6-11(3)7-9-12/h6-9H,4-5,10H2,1-3H3,(H,15,17,18). The summed E-state index contributed by atoms with van der Waals surface area (Å²) in [6.07, 6.45) is -0.892. The first kappa shape index (κ1) is 18.1. The number of nitrogens with zero attached hydrogens (tertiary/aromatic N) is 1. The van der Waals surface area contributed by atoms with Gasteiger partial charge in [0.1, 0.15) is 0 Å². The van der Waals surface area contributed by atoms with Crippen molar-refractivity contribution in [2.75, 3.05) is 19.7 Å². The van der Waals surface area contributed by atoms with Crippen LogP contribution in [0, 0.1) is 6.92 Å². The number of benzene rings is 1. The number of alkyl carbamates (subject to hydrolysis) is 1. The van der Waals surface area contributed by atoms with E-state index in [0.717, 1.165) is 9.87 Å². The lowest BCUT2D eigenvalue weighted by molar-refractivity contribution is -0.120. The second-order valence-corrected chi connectivity index (χ2v) is 6.45. The highest BCUT2D eigenvalue weighted by Crippen LogP contribution is 2.15. The molecule has 1 aromatic carbocycles. The van der Waals surface area contributed by atoms with Crippen LogP contribution in [0.3, 0.4) is 0 Å². The van der Waals surface area contributed by atoms with Crippen molar-refractivity contribution in [1.82, 2.24) is 9.62 Å². The molecule has 0 spiro atoms. The maximum atomic E-state index is 12.5. The molecule has 0 fully saturated rings. The molecule has 1 N–H and O–H groups in total. The van der Waals surface area contributed by atoms with Gasteiger partial charge in [-0.3, -0.25) is 10.1 Å². The first-order valence-corrected chi connectivity index (χ1v) is 8.28. The molecule has 0 aliphatic heterocycles. The Morgan fingerprint density at radius 2 is 1.77 bits per heavy atom. The van der Waals surface area contributed by atoms with Gasteiger partial charge in [-0.2, -0.15) is 4.31 Å². The number of likely N-dealkylation sites (N-methyl/N-ethyl adjacent to an activating group) is 1. The number of hydrogen-bond acceptors (Lipinski definition) is 5. The molecule has 1 aromatic rings. The largest absolute Gasteiger partial charge is 0.450 e. The summed E-state index contributed by atoms with van der Waals surface area (Å²) >= 11 is 0. The second-order valence-electron chi connectivity index (χ2n) is 4.51. The summed E-state index contributed by atoms with van der Waals surface area (Å²) in [6, 6.07) is 6.33. The van der Waals surface area contributed by atoms with Gasteiger partial charge in [0.05, 0.1) is 18.0 Å². The Bertz CT molecular complexity index is 625. The van der Waals surface area contributed by atoms with Crippen LogP contribution in [0.1, 0.15) is 19.4 Å². The van der Waals surface area contributed by atoms with E-state index >= 15 is 0 Å². The average Bonchev–Trinajstić information content (AvgIpc) is 2.45. The normalized spacial score (nSPS) is 11.3. The molecular weight excluding hydrogens is 308 g/mol. The van der Waals surface area contributed by atoms with Crippen LogP contribution < -0.4 is 5.32 Å². The molecule has 0 radical (unpaired) electrons. The fourth-order valence-corrected chi connectivity index (χ4v) is 3.11. The molecule has 0 aliphatic carbocycles. The van der Waals surface area contributed by atoms with Gasteiger partial charge in [0.25, 0.3) is 0 Å².